The molecule has 0 bridgehead atoms. The van der Waals surface area contributed by atoms with Gasteiger partial charge in [-0.2, -0.15) is 0 Å². The molecule has 0 atom stereocenters. The maximum absolute atomic E-state index is 3.73. The van der Waals surface area contributed by atoms with E-state index in [0.29, 0.717) is 0 Å². The fourth-order valence-corrected chi connectivity index (χ4v) is 0.995. The topological polar surface area (TPSA) is 0 Å². The molecule has 0 saturated carbocycles. The van der Waals surface area contributed by atoms with Crippen LogP contribution in [-0.4, -0.2) is 0 Å². The van der Waals surface area contributed by atoms with Crippen molar-refractivity contribution in [3.05, 3.63) is 54.6 Å². The van der Waals surface area contributed by atoms with E-state index < -0.39 is 0 Å². The molecule has 0 aromatic heterocycles. The first-order chi connectivity index (χ1) is 6.75. The molecule has 1 aromatic carbocycles. The lowest BCUT2D eigenvalue weighted by Crippen LogP contribution is -1.83. The highest BCUT2D eigenvalue weighted by Crippen LogP contribution is 2.12. The quantitative estimate of drug-likeness (QED) is 0.559. The maximum Gasteiger partial charge on any atom is -0.0231 e. The van der Waals surface area contributed by atoms with Gasteiger partial charge in [-0.05, 0) is 30.5 Å². The van der Waals surface area contributed by atoms with Gasteiger partial charge >= 0.3 is 0 Å². The third-order valence-electron chi connectivity index (χ3n) is 1.87. The molecule has 0 unspecified atom stereocenters. The Morgan fingerprint density at radius 3 is 1.93 bits per heavy atom. The number of hydrogen-bond donors (Lipinski definition) is 0. The van der Waals surface area contributed by atoms with Gasteiger partial charge in [-0.1, -0.05) is 44.7 Å². The SMILES string of the molecule is C=C.C=Cc1cccc(C)c1C.CC. The van der Waals surface area contributed by atoms with E-state index in [-0.39, 0.29) is 0 Å². The normalized spacial score (nSPS) is 7.43. The van der Waals surface area contributed by atoms with Gasteiger partial charge in [0.1, 0.15) is 0 Å². The van der Waals surface area contributed by atoms with Crippen molar-refractivity contribution in [2.24, 2.45) is 0 Å². The van der Waals surface area contributed by atoms with Gasteiger partial charge in [0.2, 0.25) is 0 Å². The third-order valence-corrected chi connectivity index (χ3v) is 1.87. The van der Waals surface area contributed by atoms with E-state index in [1.165, 1.54) is 16.7 Å². The van der Waals surface area contributed by atoms with E-state index in [9.17, 15) is 0 Å². The molecule has 0 saturated heterocycles. The van der Waals surface area contributed by atoms with Crippen molar-refractivity contribution in [1.82, 2.24) is 0 Å². The Kier molecular flexibility index (Phi) is 10.6. The maximum atomic E-state index is 3.73. The number of aryl methyl sites for hydroxylation is 1. The van der Waals surface area contributed by atoms with Gasteiger partial charge in [0.05, 0.1) is 0 Å². The third kappa shape index (κ3) is 4.66. The molecule has 0 aliphatic carbocycles. The van der Waals surface area contributed by atoms with E-state index >= 15 is 0 Å². The van der Waals surface area contributed by atoms with Crippen LogP contribution < -0.4 is 0 Å². The Morgan fingerprint density at radius 2 is 1.57 bits per heavy atom. The Morgan fingerprint density at radius 1 is 1.07 bits per heavy atom. The summed E-state index contributed by atoms with van der Waals surface area (Å²) in [6.45, 7) is 18.0. The molecule has 0 aliphatic heterocycles. The summed E-state index contributed by atoms with van der Waals surface area (Å²) in [5, 5.41) is 0. The lowest BCUT2D eigenvalue weighted by atomic mass is 10.0. The predicted molar refractivity (Wildman–Crippen MR) is 68.6 cm³/mol. The van der Waals surface area contributed by atoms with E-state index in [0.717, 1.165) is 0 Å². The van der Waals surface area contributed by atoms with Crippen molar-refractivity contribution in [3.8, 4) is 0 Å². The second-order valence-corrected chi connectivity index (χ2v) is 2.49. The van der Waals surface area contributed by atoms with E-state index in [1.54, 1.807) is 0 Å². The minimum absolute atomic E-state index is 1.24. The summed E-state index contributed by atoms with van der Waals surface area (Å²) < 4.78 is 0. The Labute approximate surface area is 89.0 Å². The molecule has 78 valence electrons. The highest BCUT2D eigenvalue weighted by Gasteiger charge is 1.93. The van der Waals surface area contributed by atoms with Crippen LogP contribution in [0.25, 0.3) is 6.08 Å². The van der Waals surface area contributed by atoms with Gasteiger partial charge in [0.25, 0.3) is 0 Å². The van der Waals surface area contributed by atoms with E-state index in [4.69, 9.17) is 0 Å². The average molecular weight is 190 g/mol. The molecule has 0 heterocycles. The molecule has 0 heteroatoms. The van der Waals surface area contributed by atoms with Crippen LogP contribution in [0, 0.1) is 13.8 Å². The van der Waals surface area contributed by atoms with Crippen molar-refractivity contribution >= 4 is 6.08 Å². The molecule has 14 heavy (non-hydrogen) atoms. The zero-order valence-electron chi connectivity index (χ0n) is 9.93. The summed E-state index contributed by atoms with van der Waals surface area (Å²) in [4.78, 5) is 0. The summed E-state index contributed by atoms with van der Waals surface area (Å²) in [6, 6.07) is 6.25. The van der Waals surface area contributed by atoms with Gasteiger partial charge in [0, 0.05) is 0 Å². The van der Waals surface area contributed by atoms with Crippen LogP contribution >= 0.6 is 0 Å². The molecule has 0 aliphatic rings. The van der Waals surface area contributed by atoms with Crippen molar-refractivity contribution in [2.45, 2.75) is 27.7 Å². The van der Waals surface area contributed by atoms with E-state index in [2.05, 4.69) is 51.8 Å². The largest absolute Gasteiger partial charge is 0.106 e. The van der Waals surface area contributed by atoms with Crippen LogP contribution in [0.2, 0.25) is 0 Å². The first-order valence-corrected chi connectivity index (χ1v) is 4.94. The summed E-state index contributed by atoms with van der Waals surface area (Å²) in [7, 11) is 0. The van der Waals surface area contributed by atoms with Crippen molar-refractivity contribution in [3.63, 3.8) is 0 Å². The molecule has 1 aromatic rings. The van der Waals surface area contributed by atoms with Crippen LogP contribution in [0.3, 0.4) is 0 Å². The molecule has 0 spiro atoms. The number of rotatable bonds is 1. The lowest BCUT2D eigenvalue weighted by molar-refractivity contribution is 1.33. The standard InChI is InChI=1S/C10H12.C2H6.C2H4/c1-4-10-7-5-6-8(2)9(10)3;2*1-2/h4-7H,1H2,2-3H3;1-2H3;1-2H2. The first-order valence-electron chi connectivity index (χ1n) is 4.94. The van der Waals surface area contributed by atoms with Gasteiger partial charge in [0.15, 0.2) is 0 Å². The summed E-state index contributed by atoms with van der Waals surface area (Å²) in [5.41, 5.74) is 3.90. The Bertz CT molecular complexity index is 259. The van der Waals surface area contributed by atoms with Crippen LogP contribution in [0.1, 0.15) is 30.5 Å². The van der Waals surface area contributed by atoms with Crippen molar-refractivity contribution in [1.29, 1.82) is 0 Å². The van der Waals surface area contributed by atoms with Gasteiger partial charge in [-0.25, -0.2) is 0 Å². The second kappa shape index (κ2) is 9.79. The second-order valence-electron chi connectivity index (χ2n) is 2.49. The van der Waals surface area contributed by atoms with Crippen molar-refractivity contribution in [2.75, 3.05) is 0 Å². The molecule has 0 nitrogen and oxygen atoms in total. The number of hydrogen-bond acceptors (Lipinski definition) is 0. The highest BCUT2D eigenvalue weighted by atomic mass is 14.0. The van der Waals surface area contributed by atoms with Crippen molar-refractivity contribution < 1.29 is 0 Å². The zero-order valence-corrected chi connectivity index (χ0v) is 9.93. The first kappa shape index (κ1) is 15.2. The van der Waals surface area contributed by atoms with E-state index in [1.807, 2.05) is 19.9 Å². The summed E-state index contributed by atoms with van der Waals surface area (Å²) in [5.74, 6) is 0. The highest BCUT2D eigenvalue weighted by molar-refractivity contribution is 5.53. The summed E-state index contributed by atoms with van der Waals surface area (Å²) in [6.07, 6.45) is 1.89. The molecule has 0 amide bonds. The molecule has 0 fully saturated rings. The number of benzene rings is 1. The molecule has 1 rings (SSSR count). The minimum atomic E-state index is 1.24. The molecular formula is C14H22. The van der Waals surface area contributed by atoms with Gasteiger partial charge in [-0.15, -0.1) is 13.2 Å². The van der Waals surface area contributed by atoms with Gasteiger partial charge < -0.3 is 0 Å². The van der Waals surface area contributed by atoms with Crippen LogP contribution in [0.5, 0.6) is 0 Å². The summed E-state index contributed by atoms with van der Waals surface area (Å²) >= 11 is 0. The monoisotopic (exact) mass is 190 g/mol. The molecular weight excluding hydrogens is 168 g/mol. The zero-order chi connectivity index (χ0) is 11.6. The van der Waals surface area contributed by atoms with Crippen LogP contribution in [-0.2, 0) is 0 Å². The fraction of sp³-hybridized carbons (Fsp3) is 0.286. The predicted octanol–water partition coefficient (Wildman–Crippen LogP) is 4.77. The minimum Gasteiger partial charge on any atom is -0.106 e. The average Bonchev–Trinajstić information content (AvgIpc) is 2.28. The van der Waals surface area contributed by atoms with Crippen LogP contribution in [0.15, 0.2) is 37.9 Å². The fourth-order valence-electron chi connectivity index (χ4n) is 0.995. The lowest BCUT2D eigenvalue weighted by Gasteiger charge is -2.01. The van der Waals surface area contributed by atoms with Crippen LogP contribution in [0.4, 0.5) is 0 Å². The molecule has 0 radical (unpaired) electrons. The Hall–Kier alpha value is -1.30. The van der Waals surface area contributed by atoms with Gasteiger partial charge in [-0.3, -0.25) is 0 Å². The Balaban J connectivity index is 0. The smallest absolute Gasteiger partial charge is 0.0231 e. The molecule has 0 N–H and O–H groups in total.